The molecule has 0 spiro atoms. The molecule has 0 radical (unpaired) electrons. The molecule has 0 saturated heterocycles. The van der Waals surface area contributed by atoms with Crippen LogP contribution in [0.4, 0.5) is 4.39 Å². The highest BCUT2D eigenvalue weighted by molar-refractivity contribution is 6.05. The topological polar surface area (TPSA) is 62.2 Å². The predicted molar refractivity (Wildman–Crippen MR) is 70.3 cm³/mol. The summed E-state index contributed by atoms with van der Waals surface area (Å²) in [5.41, 5.74) is 0.636. The highest BCUT2D eigenvalue weighted by Gasteiger charge is 2.16. The lowest BCUT2D eigenvalue weighted by molar-refractivity contribution is 0.0916. The molecule has 19 heavy (non-hydrogen) atoms. The number of aliphatic hydroxyl groups is 1. The second kappa shape index (κ2) is 5.75. The molecule has 0 saturated carbocycles. The molecule has 1 aromatic heterocycles. The lowest BCUT2D eigenvalue weighted by Gasteiger charge is -2.14. The van der Waals surface area contributed by atoms with Gasteiger partial charge in [-0.05, 0) is 24.6 Å². The van der Waals surface area contributed by atoms with E-state index in [2.05, 4.69) is 10.3 Å². The van der Waals surface area contributed by atoms with Crippen LogP contribution in [0.15, 0.2) is 30.5 Å². The van der Waals surface area contributed by atoms with Crippen LogP contribution in [0.25, 0.3) is 10.9 Å². The zero-order chi connectivity index (χ0) is 13.8. The number of nitrogens with one attached hydrogen (secondary N) is 1. The number of hydrogen-bond acceptors (Lipinski definition) is 3. The summed E-state index contributed by atoms with van der Waals surface area (Å²) in [6, 6.07) is 5.55. The number of carbonyl (C=O) groups excluding carboxylic acids is 1. The van der Waals surface area contributed by atoms with Gasteiger partial charge in [0, 0.05) is 11.6 Å². The molecule has 1 amide bonds. The first-order chi connectivity index (χ1) is 9.15. The molecule has 1 heterocycles. The molecule has 0 fully saturated rings. The maximum absolute atomic E-state index is 13.5. The van der Waals surface area contributed by atoms with E-state index in [1.54, 1.807) is 18.3 Å². The van der Waals surface area contributed by atoms with Gasteiger partial charge in [-0.3, -0.25) is 9.78 Å². The van der Waals surface area contributed by atoms with E-state index in [-0.39, 0.29) is 18.2 Å². The second-order valence-corrected chi connectivity index (χ2v) is 4.29. The van der Waals surface area contributed by atoms with Crippen molar-refractivity contribution in [3.63, 3.8) is 0 Å². The summed E-state index contributed by atoms with van der Waals surface area (Å²) in [6.07, 6.45) is 2.16. The molecule has 0 unspecified atom stereocenters. The summed E-state index contributed by atoms with van der Waals surface area (Å²) in [4.78, 5) is 16.2. The van der Waals surface area contributed by atoms with Gasteiger partial charge in [0.25, 0.3) is 5.91 Å². The lowest BCUT2D eigenvalue weighted by atomic mass is 10.1. The molecular weight excluding hydrogens is 247 g/mol. The van der Waals surface area contributed by atoms with Crippen LogP contribution in [-0.4, -0.2) is 28.6 Å². The molecule has 0 aliphatic heterocycles. The Balaban J connectivity index is 2.41. The quantitative estimate of drug-likeness (QED) is 0.884. The standard InChI is InChI=1S/C14H15FN2O2/c1-2-11(8-18)17-14(19)12-7-10(15)6-9-4-3-5-16-13(9)12/h3-7,11,18H,2,8H2,1H3,(H,17,19)/t11-/m1/s1. The van der Waals surface area contributed by atoms with Crippen molar-refractivity contribution >= 4 is 16.8 Å². The van der Waals surface area contributed by atoms with Crippen molar-refractivity contribution in [3.05, 3.63) is 41.8 Å². The summed E-state index contributed by atoms with van der Waals surface area (Å²) in [5.74, 6) is -0.910. The van der Waals surface area contributed by atoms with Crippen LogP contribution in [0.2, 0.25) is 0 Å². The number of amides is 1. The monoisotopic (exact) mass is 262 g/mol. The van der Waals surface area contributed by atoms with Crippen LogP contribution in [0.1, 0.15) is 23.7 Å². The van der Waals surface area contributed by atoms with Gasteiger partial charge >= 0.3 is 0 Å². The third-order valence-corrected chi connectivity index (χ3v) is 2.96. The van der Waals surface area contributed by atoms with E-state index >= 15 is 0 Å². The van der Waals surface area contributed by atoms with Crippen molar-refractivity contribution in [1.82, 2.24) is 10.3 Å². The van der Waals surface area contributed by atoms with Gasteiger partial charge in [0.15, 0.2) is 0 Å². The van der Waals surface area contributed by atoms with Gasteiger partial charge in [-0.15, -0.1) is 0 Å². The molecular formula is C14H15FN2O2. The minimum atomic E-state index is -0.484. The molecule has 0 aliphatic carbocycles. The van der Waals surface area contributed by atoms with Crippen LogP contribution in [0, 0.1) is 5.82 Å². The van der Waals surface area contributed by atoms with Crippen molar-refractivity contribution in [2.45, 2.75) is 19.4 Å². The number of rotatable bonds is 4. The Hall–Kier alpha value is -2.01. The molecule has 1 aromatic carbocycles. The molecule has 0 aliphatic rings. The van der Waals surface area contributed by atoms with Crippen molar-refractivity contribution in [3.8, 4) is 0 Å². The number of hydrogen-bond donors (Lipinski definition) is 2. The first kappa shape index (κ1) is 13.4. The van der Waals surface area contributed by atoms with E-state index in [1.165, 1.54) is 6.07 Å². The zero-order valence-electron chi connectivity index (χ0n) is 10.6. The van der Waals surface area contributed by atoms with Gasteiger partial charge in [0.2, 0.25) is 0 Å². The highest BCUT2D eigenvalue weighted by atomic mass is 19.1. The molecule has 2 aromatic rings. The number of aliphatic hydroxyl groups excluding tert-OH is 1. The van der Waals surface area contributed by atoms with E-state index in [9.17, 15) is 9.18 Å². The smallest absolute Gasteiger partial charge is 0.253 e. The fraction of sp³-hybridized carbons (Fsp3) is 0.286. The Kier molecular flexibility index (Phi) is 4.06. The number of halogens is 1. The fourth-order valence-electron chi connectivity index (χ4n) is 1.87. The second-order valence-electron chi connectivity index (χ2n) is 4.29. The van der Waals surface area contributed by atoms with Crippen LogP contribution < -0.4 is 5.32 Å². The SMILES string of the molecule is CC[C@H](CO)NC(=O)c1cc(F)cc2cccnc12. The molecule has 100 valence electrons. The van der Waals surface area contributed by atoms with E-state index in [4.69, 9.17) is 5.11 Å². The van der Waals surface area contributed by atoms with Crippen LogP contribution in [0.3, 0.4) is 0 Å². The average molecular weight is 262 g/mol. The summed E-state index contributed by atoms with van der Waals surface area (Å²) >= 11 is 0. The van der Waals surface area contributed by atoms with E-state index in [1.807, 2.05) is 6.92 Å². The molecule has 5 heteroatoms. The van der Waals surface area contributed by atoms with Crippen LogP contribution in [0.5, 0.6) is 0 Å². The van der Waals surface area contributed by atoms with Gasteiger partial charge < -0.3 is 10.4 Å². The van der Waals surface area contributed by atoms with Crippen molar-refractivity contribution in [2.75, 3.05) is 6.61 Å². The molecule has 1 atom stereocenters. The van der Waals surface area contributed by atoms with Crippen LogP contribution in [-0.2, 0) is 0 Å². The Labute approximate surface area is 110 Å². The normalized spacial score (nSPS) is 12.4. The van der Waals surface area contributed by atoms with E-state index in [0.29, 0.717) is 17.3 Å². The van der Waals surface area contributed by atoms with E-state index < -0.39 is 11.7 Å². The van der Waals surface area contributed by atoms with Crippen molar-refractivity contribution in [2.24, 2.45) is 0 Å². The summed E-state index contributed by atoms with van der Waals surface area (Å²) in [5, 5.41) is 12.3. The Morgan fingerprint density at radius 2 is 2.32 bits per heavy atom. The molecule has 2 rings (SSSR count). The summed E-state index contributed by atoms with van der Waals surface area (Å²) in [6.45, 7) is 1.70. The maximum atomic E-state index is 13.5. The minimum Gasteiger partial charge on any atom is -0.394 e. The summed E-state index contributed by atoms with van der Waals surface area (Å²) < 4.78 is 13.5. The number of aromatic nitrogens is 1. The van der Waals surface area contributed by atoms with Gasteiger partial charge in [-0.1, -0.05) is 13.0 Å². The van der Waals surface area contributed by atoms with Crippen LogP contribution >= 0.6 is 0 Å². The maximum Gasteiger partial charge on any atom is 0.253 e. The number of nitrogens with zero attached hydrogens (tertiary/aromatic N) is 1. The largest absolute Gasteiger partial charge is 0.394 e. The lowest BCUT2D eigenvalue weighted by Crippen LogP contribution is -2.37. The minimum absolute atomic E-state index is 0.150. The number of pyridine rings is 1. The number of carbonyl (C=O) groups is 1. The first-order valence-electron chi connectivity index (χ1n) is 6.11. The van der Waals surface area contributed by atoms with Gasteiger partial charge in [0.1, 0.15) is 5.82 Å². The van der Waals surface area contributed by atoms with Gasteiger partial charge in [-0.25, -0.2) is 4.39 Å². The van der Waals surface area contributed by atoms with Crippen molar-refractivity contribution in [1.29, 1.82) is 0 Å². The molecule has 0 bridgehead atoms. The van der Waals surface area contributed by atoms with Crippen molar-refractivity contribution < 1.29 is 14.3 Å². The van der Waals surface area contributed by atoms with E-state index in [0.717, 1.165) is 6.07 Å². The third-order valence-electron chi connectivity index (χ3n) is 2.96. The highest BCUT2D eigenvalue weighted by Crippen LogP contribution is 2.18. The number of benzene rings is 1. The fourth-order valence-corrected chi connectivity index (χ4v) is 1.87. The predicted octanol–water partition coefficient (Wildman–Crippen LogP) is 1.87. The number of fused-ring (bicyclic) bond motifs is 1. The average Bonchev–Trinajstić information content (AvgIpc) is 2.43. The van der Waals surface area contributed by atoms with Gasteiger partial charge in [-0.2, -0.15) is 0 Å². The third kappa shape index (κ3) is 2.88. The Bertz CT molecular complexity index is 597. The molecule has 4 nitrogen and oxygen atoms in total. The molecule has 2 N–H and O–H groups in total. The summed E-state index contributed by atoms with van der Waals surface area (Å²) in [7, 11) is 0. The first-order valence-corrected chi connectivity index (χ1v) is 6.11. The Morgan fingerprint density at radius 1 is 1.53 bits per heavy atom. The Morgan fingerprint density at radius 3 is 3.00 bits per heavy atom. The van der Waals surface area contributed by atoms with Gasteiger partial charge in [0.05, 0.1) is 23.7 Å². The zero-order valence-corrected chi connectivity index (χ0v) is 10.6.